The number of imidazole rings is 1. The molecule has 0 saturated carbocycles. The molecule has 15 heavy (non-hydrogen) atoms. The van der Waals surface area contributed by atoms with Crippen molar-refractivity contribution in [1.29, 1.82) is 0 Å². The van der Waals surface area contributed by atoms with E-state index in [9.17, 15) is 5.11 Å². The van der Waals surface area contributed by atoms with Gasteiger partial charge in [-0.1, -0.05) is 0 Å². The number of β-amino-alcohol motifs (C(OH)–C–C–N with tert-alkyl or cyclic N) is 1. The van der Waals surface area contributed by atoms with Crippen LogP contribution in [0, 0.1) is 0 Å². The van der Waals surface area contributed by atoms with Gasteiger partial charge in [0.15, 0.2) is 0 Å². The number of aliphatic hydroxyl groups excluding tert-OH is 1. The maximum Gasteiger partial charge on any atom is 0.138 e. The number of hydrogen-bond donors (Lipinski definition) is 1. The molecule has 0 bridgehead atoms. The minimum absolute atomic E-state index is 0.180. The van der Waals surface area contributed by atoms with Gasteiger partial charge in [-0.2, -0.15) is 0 Å². The van der Waals surface area contributed by atoms with Crippen molar-refractivity contribution in [3.63, 3.8) is 0 Å². The summed E-state index contributed by atoms with van der Waals surface area (Å²) in [5.41, 5.74) is 2.10. The van der Waals surface area contributed by atoms with Crippen molar-refractivity contribution in [1.82, 2.24) is 9.38 Å². The zero-order valence-corrected chi connectivity index (χ0v) is 8.37. The van der Waals surface area contributed by atoms with E-state index in [1.165, 1.54) is 0 Å². The van der Waals surface area contributed by atoms with Gasteiger partial charge in [-0.25, -0.2) is 4.98 Å². The van der Waals surface area contributed by atoms with Crippen LogP contribution in [0.25, 0.3) is 5.65 Å². The normalized spacial score (nSPS) is 21.4. The summed E-state index contributed by atoms with van der Waals surface area (Å²) < 4.78 is 1.98. The molecule has 1 N–H and O–H groups in total. The van der Waals surface area contributed by atoms with E-state index in [4.69, 9.17) is 0 Å². The molecule has 1 saturated heterocycles. The number of aromatic nitrogens is 2. The first kappa shape index (κ1) is 8.73. The number of rotatable bonds is 1. The number of nitrogens with zero attached hydrogens (tertiary/aromatic N) is 3. The standard InChI is InChI=1S/C11H13N3O/c15-10-2-5-14(8-10)9-1-4-13-6-3-12-11(13)7-9/h1,3-4,6-7,10,15H,2,5,8H2. The van der Waals surface area contributed by atoms with E-state index in [0.29, 0.717) is 0 Å². The highest BCUT2D eigenvalue weighted by Gasteiger charge is 2.20. The molecule has 1 fully saturated rings. The maximum atomic E-state index is 9.47. The average molecular weight is 203 g/mol. The Bertz CT molecular complexity index is 479. The maximum absolute atomic E-state index is 9.47. The summed E-state index contributed by atoms with van der Waals surface area (Å²) in [6.07, 6.45) is 6.40. The van der Waals surface area contributed by atoms with E-state index < -0.39 is 0 Å². The second-order valence-electron chi connectivity index (χ2n) is 3.97. The van der Waals surface area contributed by atoms with Gasteiger partial charge in [0.25, 0.3) is 0 Å². The van der Waals surface area contributed by atoms with E-state index >= 15 is 0 Å². The zero-order chi connectivity index (χ0) is 10.3. The van der Waals surface area contributed by atoms with E-state index in [-0.39, 0.29) is 6.10 Å². The molecule has 2 aromatic heterocycles. The van der Waals surface area contributed by atoms with Gasteiger partial charge in [0.2, 0.25) is 0 Å². The Balaban J connectivity index is 1.97. The molecule has 78 valence electrons. The van der Waals surface area contributed by atoms with Gasteiger partial charge in [-0.15, -0.1) is 0 Å². The molecule has 4 nitrogen and oxygen atoms in total. The molecule has 2 aromatic rings. The molecular weight excluding hydrogens is 190 g/mol. The van der Waals surface area contributed by atoms with Crippen LogP contribution >= 0.6 is 0 Å². The van der Waals surface area contributed by atoms with Crippen LogP contribution in [-0.4, -0.2) is 33.7 Å². The molecule has 1 aliphatic heterocycles. The van der Waals surface area contributed by atoms with Gasteiger partial charge in [0.1, 0.15) is 5.65 Å². The first-order valence-electron chi connectivity index (χ1n) is 5.19. The van der Waals surface area contributed by atoms with Crippen LogP contribution in [0.5, 0.6) is 0 Å². The lowest BCUT2D eigenvalue weighted by Crippen LogP contribution is -2.21. The molecule has 3 heterocycles. The van der Waals surface area contributed by atoms with Gasteiger partial charge in [0, 0.05) is 43.4 Å². The summed E-state index contributed by atoms with van der Waals surface area (Å²) in [6, 6.07) is 4.12. The van der Waals surface area contributed by atoms with Crippen molar-refractivity contribution in [2.45, 2.75) is 12.5 Å². The number of anilines is 1. The third-order valence-electron chi connectivity index (χ3n) is 2.91. The minimum atomic E-state index is -0.180. The Morgan fingerprint density at radius 1 is 1.40 bits per heavy atom. The van der Waals surface area contributed by atoms with Crippen LogP contribution in [0.3, 0.4) is 0 Å². The Morgan fingerprint density at radius 2 is 2.33 bits per heavy atom. The van der Waals surface area contributed by atoms with Crippen LogP contribution < -0.4 is 4.90 Å². The molecule has 1 unspecified atom stereocenters. The van der Waals surface area contributed by atoms with Crippen LogP contribution in [0.2, 0.25) is 0 Å². The van der Waals surface area contributed by atoms with Crippen molar-refractivity contribution in [3.8, 4) is 0 Å². The van der Waals surface area contributed by atoms with Crippen molar-refractivity contribution in [2.75, 3.05) is 18.0 Å². The fourth-order valence-corrected chi connectivity index (χ4v) is 2.07. The zero-order valence-electron chi connectivity index (χ0n) is 8.37. The first-order valence-corrected chi connectivity index (χ1v) is 5.19. The summed E-state index contributed by atoms with van der Waals surface area (Å²) in [4.78, 5) is 6.44. The summed E-state index contributed by atoms with van der Waals surface area (Å²) >= 11 is 0. The molecule has 0 amide bonds. The van der Waals surface area contributed by atoms with Crippen LogP contribution in [0.4, 0.5) is 5.69 Å². The molecule has 0 aliphatic carbocycles. The Kier molecular flexibility index (Phi) is 1.89. The summed E-state index contributed by atoms with van der Waals surface area (Å²) in [5, 5.41) is 9.47. The highest BCUT2D eigenvalue weighted by molar-refractivity contribution is 5.56. The highest BCUT2D eigenvalue weighted by Crippen LogP contribution is 2.21. The summed E-state index contributed by atoms with van der Waals surface area (Å²) in [5.74, 6) is 0. The molecule has 1 aliphatic rings. The molecule has 0 spiro atoms. The van der Waals surface area contributed by atoms with Crippen LogP contribution in [0.1, 0.15) is 6.42 Å². The lowest BCUT2D eigenvalue weighted by atomic mass is 10.3. The largest absolute Gasteiger partial charge is 0.391 e. The lowest BCUT2D eigenvalue weighted by Gasteiger charge is -2.17. The Hall–Kier alpha value is -1.55. The molecule has 4 heteroatoms. The third kappa shape index (κ3) is 1.47. The van der Waals surface area contributed by atoms with Gasteiger partial charge < -0.3 is 14.4 Å². The summed E-state index contributed by atoms with van der Waals surface area (Å²) in [7, 11) is 0. The topological polar surface area (TPSA) is 40.8 Å². The average Bonchev–Trinajstić information content (AvgIpc) is 2.84. The van der Waals surface area contributed by atoms with Gasteiger partial charge in [-0.05, 0) is 12.5 Å². The van der Waals surface area contributed by atoms with E-state index in [2.05, 4.69) is 22.0 Å². The van der Waals surface area contributed by atoms with Crippen molar-refractivity contribution < 1.29 is 5.11 Å². The minimum Gasteiger partial charge on any atom is -0.391 e. The Labute approximate surface area is 87.8 Å². The fourth-order valence-electron chi connectivity index (χ4n) is 2.07. The smallest absolute Gasteiger partial charge is 0.138 e. The van der Waals surface area contributed by atoms with Gasteiger partial charge >= 0.3 is 0 Å². The van der Waals surface area contributed by atoms with E-state index in [1.54, 1.807) is 6.20 Å². The fraction of sp³-hybridized carbons (Fsp3) is 0.364. The molecule has 0 aromatic carbocycles. The van der Waals surface area contributed by atoms with E-state index in [1.807, 2.05) is 16.8 Å². The van der Waals surface area contributed by atoms with Gasteiger partial charge in [-0.3, -0.25) is 0 Å². The molecule has 3 rings (SSSR count). The second kappa shape index (κ2) is 3.24. The predicted molar refractivity (Wildman–Crippen MR) is 58.0 cm³/mol. The van der Waals surface area contributed by atoms with Crippen LogP contribution in [0.15, 0.2) is 30.7 Å². The number of hydrogen-bond acceptors (Lipinski definition) is 3. The molecule has 0 radical (unpaired) electrons. The van der Waals surface area contributed by atoms with E-state index in [0.717, 1.165) is 30.8 Å². The quantitative estimate of drug-likeness (QED) is 0.748. The van der Waals surface area contributed by atoms with Gasteiger partial charge in [0.05, 0.1) is 6.10 Å². The predicted octanol–water partition coefficient (Wildman–Crippen LogP) is 0.905. The number of fused-ring (bicyclic) bond motifs is 1. The number of pyridine rings is 1. The SMILES string of the molecule is OC1CCN(c2ccn3ccnc3c2)C1. The monoisotopic (exact) mass is 203 g/mol. The van der Waals surface area contributed by atoms with Crippen LogP contribution in [-0.2, 0) is 0 Å². The Morgan fingerprint density at radius 3 is 3.13 bits per heavy atom. The van der Waals surface area contributed by atoms with Crippen molar-refractivity contribution >= 4 is 11.3 Å². The lowest BCUT2D eigenvalue weighted by molar-refractivity contribution is 0.198. The second-order valence-corrected chi connectivity index (χ2v) is 3.97. The van der Waals surface area contributed by atoms with Crippen molar-refractivity contribution in [2.24, 2.45) is 0 Å². The molecule has 1 atom stereocenters. The first-order chi connectivity index (χ1) is 7.33. The third-order valence-corrected chi connectivity index (χ3v) is 2.91. The highest BCUT2D eigenvalue weighted by atomic mass is 16.3. The summed E-state index contributed by atoms with van der Waals surface area (Å²) in [6.45, 7) is 1.66. The van der Waals surface area contributed by atoms with Crippen molar-refractivity contribution in [3.05, 3.63) is 30.7 Å². The number of aliphatic hydroxyl groups is 1. The molecular formula is C11H13N3O.